The first-order valence-electron chi connectivity index (χ1n) is 12.8. The van der Waals surface area contributed by atoms with E-state index in [1.165, 1.54) is 0 Å². The first kappa shape index (κ1) is 29.1. The summed E-state index contributed by atoms with van der Waals surface area (Å²) in [6.07, 6.45) is -2.79. The predicted octanol–water partition coefficient (Wildman–Crippen LogP) is 5.00. The van der Waals surface area contributed by atoms with Crippen molar-refractivity contribution in [1.29, 1.82) is 0 Å². The molecule has 0 bridgehead atoms. The van der Waals surface area contributed by atoms with Gasteiger partial charge in [-0.15, -0.1) is 0 Å². The minimum absolute atomic E-state index is 0.0256. The molecule has 0 unspecified atom stereocenters. The molecule has 0 radical (unpaired) electrons. The van der Waals surface area contributed by atoms with Gasteiger partial charge < -0.3 is 19.8 Å². The molecular formula is C28H32ClF4N3O3. The maximum absolute atomic E-state index is 13.9. The molecule has 1 atom stereocenters. The van der Waals surface area contributed by atoms with Gasteiger partial charge in [0.2, 0.25) is 0 Å². The Kier molecular flexibility index (Phi) is 8.19. The van der Waals surface area contributed by atoms with E-state index in [-0.39, 0.29) is 29.9 Å². The fourth-order valence-corrected chi connectivity index (χ4v) is 5.73. The molecule has 0 spiro atoms. The van der Waals surface area contributed by atoms with Gasteiger partial charge in [0.05, 0.1) is 0 Å². The lowest BCUT2D eigenvalue weighted by Gasteiger charge is -2.45. The third kappa shape index (κ3) is 5.87. The molecule has 11 heteroatoms. The molecule has 2 aromatic carbocycles. The number of carbonyl (C=O) groups excluding carboxylic acids is 2. The monoisotopic (exact) mass is 569 g/mol. The molecule has 2 amide bonds. The summed E-state index contributed by atoms with van der Waals surface area (Å²) < 4.78 is 55.5. The number of likely N-dealkylation sites (tertiary alicyclic amines) is 1. The van der Waals surface area contributed by atoms with Gasteiger partial charge in [-0.3, -0.25) is 9.59 Å². The standard InChI is InChI=1S/C28H32ClF4N3O3/c1-17-10-23(4-5-24(17)25(37)34(2)3)35-8-6-18(7-9-35)11-19-15-36(16-19)26(38)27(39,28(31,32)33)20-12-21(29)14-22(30)13-20/h4-5,10,12-14,18-19,39H,6-9,11,15-16H2,1-3H3/t27-/m0/s1. The molecule has 212 valence electrons. The van der Waals surface area contributed by atoms with Gasteiger partial charge in [0.25, 0.3) is 17.4 Å². The van der Waals surface area contributed by atoms with Crippen LogP contribution in [0.5, 0.6) is 0 Å². The fraction of sp³-hybridized carbons (Fsp3) is 0.500. The number of alkyl halides is 3. The van der Waals surface area contributed by atoms with Crippen molar-refractivity contribution in [2.75, 3.05) is 45.2 Å². The molecule has 4 rings (SSSR count). The van der Waals surface area contributed by atoms with Crippen molar-refractivity contribution in [3.63, 3.8) is 0 Å². The second-order valence-corrected chi connectivity index (χ2v) is 11.2. The zero-order chi connectivity index (χ0) is 28.7. The second kappa shape index (κ2) is 11.0. The number of hydrogen-bond acceptors (Lipinski definition) is 4. The molecule has 39 heavy (non-hydrogen) atoms. The smallest absolute Gasteiger partial charge is 0.372 e. The highest BCUT2D eigenvalue weighted by Crippen LogP contribution is 2.43. The van der Waals surface area contributed by atoms with E-state index in [2.05, 4.69) is 4.90 Å². The minimum atomic E-state index is -5.35. The first-order valence-corrected chi connectivity index (χ1v) is 13.2. The van der Waals surface area contributed by atoms with Crippen LogP contribution in [-0.2, 0) is 10.4 Å². The fourth-order valence-electron chi connectivity index (χ4n) is 5.51. The average molecular weight is 570 g/mol. The number of benzene rings is 2. The summed E-state index contributed by atoms with van der Waals surface area (Å²) in [7, 11) is 3.43. The number of nitrogens with zero attached hydrogens (tertiary/aromatic N) is 3. The summed E-state index contributed by atoms with van der Waals surface area (Å²) >= 11 is 5.70. The molecule has 1 N–H and O–H groups in total. The van der Waals surface area contributed by atoms with Gasteiger partial charge in [0, 0.05) is 62.1 Å². The Balaban J connectivity index is 1.32. The lowest BCUT2D eigenvalue weighted by atomic mass is 9.82. The molecule has 0 aliphatic carbocycles. The maximum Gasteiger partial charge on any atom is 0.430 e. The van der Waals surface area contributed by atoms with Crippen LogP contribution in [0.3, 0.4) is 0 Å². The summed E-state index contributed by atoms with van der Waals surface area (Å²) in [4.78, 5) is 29.9. The molecule has 2 heterocycles. The van der Waals surface area contributed by atoms with Gasteiger partial charge in [-0.2, -0.15) is 13.2 Å². The lowest BCUT2D eigenvalue weighted by molar-refractivity contribution is -0.264. The summed E-state index contributed by atoms with van der Waals surface area (Å²) in [5.74, 6) is -2.25. The van der Waals surface area contributed by atoms with Crippen LogP contribution >= 0.6 is 11.6 Å². The molecule has 2 aliphatic heterocycles. The highest BCUT2D eigenvalue weighted by Gasteiger charge is 2.63. The third-order valence-corrected chi connectivity index (χ3v) is 7.96. The molecule has 0 aromatic heterocycles. The van der Waals surface area contributed by atoms with Crippen LogP contribution in [0, 0.1) is 24.6 Å². The van der Waals surface area contributed by atoms with Gasteiger partial charge in [-0.25, -0.2) is 4.39 Å². The first-order chi connectivity index (χ1) is 18.2. The molecule has 0 saturated carbocycles. The van der Waals surface area contributed by atoms with Crippen molar-refractivity contribution in [1.82, 2.24) is 9.80 Å². The Morgan fingerprint density at radius 1 is 1.05 bits per heavy atom. The van der Waals surface area contributed by atoms with Crippen LogP contribution in [0.4, 0.5) is 23.2 Å². The molecule has 2 saturated heterocycles. The van der Waals surface area contributed by atoms with E-state index in [1.807, 2.05) is 25.1 Å². The predicted molar refractivity (Wildman–Crippen MR) is 140 cm³/mol. The van der Waals surface area contributed by atoms with Crippen LogP contribution in [0.15, 0.2) is 36.4 Å². The van der Waals surface area contributed by atoms with Crippen LogP contribution in [0.1, 0.15) is 40.7 Å². The number of hydrogen-bond donors (Lipinski definition) is 1. The summed E-state index contributed by atoms with van der Waals surface area (Å²) in [6.45, 7) is 3.74. The number of aliphatic hydroxyl groups is 1. The highest BCUT2D eigenvalue weighted by molar-refractivity contribution is 6.30. The minimum Gasteiger partial charge on any atom is -0.372 e. The zero-order valence-electron chi connectivity index (χ0n) is 22.1. The highest BCUT2D eigenvalue weighted by atomic mass is 35.5. The number of anilines is 1. The van der Waals surface area contributed by atoms with Gasteiger partial charge in [0.15, 0.2) is 0 Å². The van der Waals surface area contributed by atoms with E-state index in [0.717, 1.165) is 60.6 Å². The van der Waals surface area contributed by atoms with Crippen LogP contribution in [0.25, 0.3) is 0 Å². The molecule has 2 aromatic rings. The molecule has 6 nitrogen and oxygen atoms in total. The van der Waals surface area contributed by atoms with Gasteiger partial charge in [-0.05, 0) is 80.0 Å². The Hall–Kier alpha value is -2.85. The summed E-state index contributed by atoms with van der Waals surface area (Å²) in [6, 6.07) is 7.86. The number of amides is 2. The number of carbonyl (C=O) groups is 2. The van der Waals surface area contributed by atoms with E-state index in [9.17, 15) is 32.3 Å². The number of piperidine rings is 1. The Morgan fingerprint density at radius 3 is 2.23 bits per heavy atom. The lowest BCUT2D eigenvalue weighted by Crippen LogP contribution is -2.61. The van der Waals surface area contributed by atoms with E-state index < -0.39 is 29.1 Å². The summed E-state index contributed by atoms with van der Waals surface area (Å²) in [5.41, 5.74) is -2.19. The normalized spacial score (nSPS) is 18.5. The van der Waals surface area contributed by atoms with Crippen molar-refractivity contribution in [2.45, 2.75) is 38.0 Å². The number of aryl methyl sites for hydroxylation is 1. The largest absolute Gasteiger partial charge is 0.430 e. The number of halogens is 5. The van der Waals surface area contributed by atoms with Gasteiger partial charge in [-0.1, -0.05) is 11.6 Å². The van der Waals surface area contributed by atoms with Crippen molar-refractivity contribution < 1.29 is 32.3 Å². The third-order valence-electron chi connectivity index (χ3n) is 7.74. The Morgan fingerprint density at radius 2 is 1.69 bits per heavy atom. The quantitative estimate of drug-likeness (QED) is 0.497. The van der Waals surface area contributed by atoms with E-state index in [4.69, 9.17) is 11.6 Å². The topological polar surface area (TPSA) is 64.1 Å². The Bertz CT molecular complexity index is 1220. The van der Waals surface area contributed by atoms with Crippen molar-refractivity contribution in [2.24, 2.45) is 11.8 Å². The molecule has 2 aliphatic rings. The maximum atomic E-state index is 13.9. The summed E-state index contributed by atoms with van der Waals surface area (Å²) in [5, 5.41) is 10.2. The van der Waals surface area contributed by atoms with Crippen molar-refractivity contribution in [3.05, 3.63) is 63.9 Å². The van der Waals surface area contributed by atoms with Crippen molar-refractivity contribution >= 4 is 29.1 Å². The average Bonchev–Trinajstić information content (AvgIpc) is 2.83. The Labute approximate surface area is 230 Å². The van der Waals surface area contributed by atoms with E-state index in [0.29, 0.717) is 17.5 Å². The van der Waals surface area contributed by atoms with Crippen molar-refractivity contribution in [3.8, 4) is 0 Å². The van der Waals surface area contributed by atoms with Gasteiger partial charge >= 0.3 is 6.18 Å². The molecule has 2 fully saturated rings. The van der Waals surface area contributed by atoms with Crippen LogP contribution in [0.2, 0.25) is 5.02 Å². The van der Waals surface area contributed by atoms with Crippen LogP contribution < -0.4 is 4.90 Å². The molecular weight excluding hydrogens is 538 g/mol. The second-order valence-electron chi connectivity index (χ2n) is 10.8. The number of rotatable bonds is 6. The van der Waals surface area contributed by atoms with Gasteiger partial charge in [0.1, 0.15) is 5.82 Å². The van der Waals surface area contributed by atoms with E-state index >= 15 is 0 Å². The van der Waals surface area contributed by atoms with Crippen LogP contribution in [-0.4, -0.2) is 73.2 Å². The SMILES string of the molecule is Cc1cc(N2CCC(CC3CN(C(=O)[C@@](O)(c4cc(F)cc(Cl)c4)C(F)(F)F)C3)CC2)ccc1C(=O)N(C)C. The zero-order valence-corrected chi connectivity index (χ0v) is 22.8. The van der Waals surface area contributed by atoms with E-state index in [1.54, 1.807) is 19.0 Å².